The standard InChI is InChI=1S/C11H17NO3/c1-4-7-15-8-5-6-10(13)12-11(14)9(2)3/h5-6H,2,4,7-8H2,1,3H3,(H,12,13,14). The summed E-state index contributed by atoms with van der Waals surface area (Å²) in [5, 5.41) is 2.15. The highest BCUT2D eigenvalue weighted by Crippen LogP contribution is 1.86. The molecule has 0 aromatic heterocycles. The molecule has 2 amide bonds. The number of nitrogens with one attached hydrogen (secondary N) is 1. The second-order valence-electron chi connectivity index (χ2n) is 3.08. The number of imide groups is 1. The summed E-state index contributed by atoms with van der Waals surface area (Å²) >= 11 is 0. The van der Waals surface area contributed by atoms with E-state index in [-0.39, 0.29) is 0 Å². The normalized spacial score (nSPS) is 10.3. The first-order valence-electron chi connectivity index (χ1n) is 4.83. The van der Waals surface area contributed by atoms with Crippen molar-refractivity contribution in [1.29, 1.82) is 0 Å². The Morgan fingerprint density at radius 2 is 2.13 bits per heavy atom. The van der Waals surface area contributed by atoms with Crippen molar-refractivity contribution >= 4 is 11.8 Å². The van der Waals surface area contributed by atoms with Gasteiger partial charge in [-0.3, -0.25) is 14.9 Å². The van der Waals surface area contributed by atoms with Crippen molar-refractivity contribution in [3.63, 3.8) is 0 Å². The van der Waals surface area contributed by atoms with Gasteiger partial charge in [0.25, 0.3) is 11.8 Å². The molecule has 4 heteroatoms. The molecule has 0 aliphatic rings. The summed E-state index contributed by atoms with van der Waals surface area (Å²) in [6.45, 7) is 8.00. The highest BCUT2D eigenvalue weighted by Gasteiger charge is 2.03. The maximum atomic E-state index is 11.1. The van der Waals surface area contributed by atoms with Crippen LogP contribution in [0.5, 0.6) is 0 Å². The Balaban J connectivity index is 3.73. The molecule has 0 spiro atoms. The molecule has 4 nitrogen and oxygen atoms in total. The minimum Gasteiger partial charge on any atom is -0.377 e. The molecule has 15 heavy (non-hydrogen) atoms. The van der Waals surface area contributed by atoms with E-state index in [1.165, 1.54) is 13.0 Å². The summed E-state index contributed by atoms with van der Waals surface area (Å²) < 4.78 is 5.12. The fraction of sp³-hybridized carbons (Fsp3) is 0.455. The molecule has 0 saturated heterocycles. The molecule has 0 fully saturated rings. The predicted octanol–water partition coefficient (Wildman–Crippen LogP) is 1.19. The van der Waals surface area contributed by atoms with Crippen LogP contribution >= 0.6 is 0 Å². The Labute approximate surface area is 90.0 Å². The van der Waals surface area contributed by atoms with E-state index in [0.29, 0.717) is 18.8 Å². The van der Waals surface area contributed by atoms with Crippen LogP contribution in [0.2, 0.25) is 0 Å². The first kappa shape index (κ1) is 13.6. The number of hydrogen-bond donors (Lipinski definition) is 1. The van der Waals surface area contributed by atoms with E-state index >= 15 is 0 Å². The van der Waals surface area contributed by atoms with Gasteiger partial charge in [0, 0.05) is 18.3 Å². The van der Waals surface area contributed by atoms with Crippen LogP contribution in [-0.2, 0) is 14.3 Å². The number of ether oxygens (including phenoxy) is 1. The monoisotopic (exact) mass is 211 g/mol. The molecule has 0 aromatic rings. The van der Waals surface area contributed by atoms with Gasteiger partial charge in [0.1, 0.15) is 0 Å². The van der Waals surface area contributed by atoms with Crippen LogP contribution < -0.4 is 5.32 Å². The van der Waals surface area contributed by atoms with Gasteiger partial charge < -0.3 is 4.74 Å². The minimum absolute atomic E-state index is 0.305. The van der Waals surface area contributed by atoms with E-state index < -0.39 is 11.8 Å². The van der Waals surface area contributed by atoms with Gasteiger partial charge in [-0.05, 0) is 13.3 Å². The number of carbonyl (C=O) groups is 2. The largest absolute Gasteiger partial charge is 0.377 e. The summed E-state index contributed by atoms with van der Waals surface area (Å²) in [5.41, 5.74) is 0.305. The van der Waals surface area contributed by atoms with Gasteiger partial charge in [-0.1, -0.05) is 19.6 Å². The molecule has 1 N–H and O–H groups in total. The Morgan fingerprint density at radius 1 is 1.47 bits per heavy atom. The van der Waals surface area contributed by atoms with Gasteiger partial charge in [-0.2, -0.15) is 0 Å². The van der Waals surface area contributed by atoms with Crippen molar-refractivity contribution in [2.75, 3.05) is 13.2 Å². The van der Waals surface area contributed by atoms with Crippen molar-refractivity contribution in [2.45, 2.75) is 20.3 Å². The van der Waals surface area contributed by atoms with Crippen molar-refractivity contribution in [2.24, 2.45) is 0 Å². The third kappa shape index (κ3) is 7.64. The van der Waals surface area contributed by atoms with Crippen molar-refractivity contribution in [1.82, 2.24) is 5.32 Å². The van der Waals surface area contributed by atoms with Gasteiger partial charge >= 0.3 is 0 Å². The molecular weight excluding hydrogens is 194 g/mol. The second-order valence-corrected chi connectivity index (χ2v) is 3.08. The lowest BCUT2D eigenvalue weighted by atomic mass is 10.3. The lowest BCUT2D eigenvalue weighted by Crippen LogP contribution is -2.29. The van der Waals surface area contributed by atoms with Gasteiger partial charge in [0.05, 0.1) is 6.61 Å². The number of hydrogen-bond acceptors (Lipinski definition) is 3. The maximum Gasteiger partial charge on any atom is 0.253 e. The Kier molecular flexibility index (Phi) is 7.18. The topological polar surface area (TPSA) is 55.4 Å². The predicted molar refractivity (Wildman–Crippen MR) is 58.2 cm³/mol. The molecule has 0 rings (SSSR count). The summed E-state index contributed by atoms with van der Waals surface area (Å²) in [6.07, 6.45) is 3.78. The van der Waals surface area contributed by atoms with Crippen LogP contribution in [0.1, 0.15) is 20.3 Å². The third-order valence-corrected chi connectivity index (χ3v) is 1.46. The van der Waals surface area contributed by atoms with E-state index in [0.717, 1.165) is 6.42 Å². The molecule has 0 heterocycles. The Bertz CT molecular complexity index is 269. The average molecular weight is 211 g/mol. The molecule has 84 valence electrons. The Morgan fingerprint density at radius 3 is 2.67 bits per heavy atom. The number of carbonyl (C=O) groups excluding carboxylic acids is 2. The van der Waals surface area contributed by atoms with E-state index in [2.05, 4.69) is 11.9 Å². The van der Waals surface area contributed by atoms with Crippen LogP contribution in [0, 0.1) is 0 Å². The zero-order valence-electron chi connectivity index (χ0n) is 9.21. The molecule has 0 radical (unpaired) electrons. The zero-order chi connectivity index (χ0) is 11.7. The smallest absolute Gasteiger partial charge is 0.253 e. The molecule has 0 aliphatic heterocycles. The van der Waals surface area contributed by atoms with Gasteiger partial charge in [0.15, 0.2) is 0 Å². The summed E-state index contributed by atoms with van der Waals surface area (Å²) in [4.78, 5) is 22.1. The van der Waals surface area contributed by atoms with E-state index in [1.54, 1.807) is 6.08 Å². The van der Waals surface area contributed by atoms with Gasteiger partial charge in [-0.15, -0.1) is 0 Å². The van der Waals surface area contributed by atoms with Crippen LogP contribution in [0.4, 0.5) is 0 Å². The molecule has 0 atom stereocenters. The maximum absolute atomic E-state index is 11.1. The molecule has 0 saturated carbocycles. The first-order chi connectivity index (χ1) is 7.07. The first-order valence-corrected chi connectivity index (χ1v) is 4.83. The quantitative estimate of drug-likeness (QED) is 0.530. The van der Waals surface area contributed by atoms with Crippen LogP contribution in [0.3, 0.4) is 0 Å². The summed E-state index contributed by atoms with van der Waals surface area (Å²) in [5.74, 6) is -0.915. The lowest BCUT2D eigenvalue weighted by Gasteiger charge is -1.99. The number of rotatable bonds is 6. The molecule has 0 aliphatic carbocycles. The lowest BCUT2D eigenvalue weighted by molar-refractivity contribution is -0.125. The van der Waals surface area contributed by atoms with Gasteiger partial charge in [-0.25, -0.2) is 0 Å². The van der Waals surface area contributed by atoms with E-state index in [9.17, 15) is 9.59 Å². The van der Waals surface area contributed by atoms with Crippen LogP contribution in [-0.4, -0.2) is 25.0 Å². The van der Waals surface area contributed by atoms with E-state index in [1.807, 2.05) is 6.92 Å². The fourth-order valence-corrected chi connectivity index (χ4v) is 0.711. The zero-order valence-corrected chi connectivity index (χ0v) is 9.21. The highest BCUT2D eigenvalue weighted by atomic mass is 16.5. The molecule has 0 aromatic carbocycles. The SMILES string of the molecule is C=C(C)C(=O)NC(=O)C=CCOCCC. The number of amides is 2. The van der Waals surface area contributed by atoms with Crippen molar-refractivity contribution in [3.8, 4) is 0 Å². The van der Waals surface area contributed by atoms with E-state index in [4.69, 9.17) is 4.74 Å². The van der Waals surface area contributed by atoms with Gasteiger partial charge in [0.2, 0.25) is 0 Å². The van der Waals surface area contributed by atoms with Crippen LogP contribution in [0.25, 0.3) is 0 Å². The highest BCUT2D eigenvalue weighted by molar-refractivity contribution is 6.07. The van der Waals surface area contributed by atoms with Crippen molar-refractivity contribution < 1.29 is 14.3 Å². The van der Waals surface area contributed by atoms with Crippen LogP contribution in [0.15, 0.2) is 24.3 Å². The second kappa shape index (κ2) is 7.94. The van der Waals surface area contributed by atoms with Crippen molar-refractivity contribution in [3.05, 3.63) is 24.3 Å². The third-order valence-electron chi connectivity index (χ3n) is 1.46. The summed E-state index contributed by atoms with van der Waals surface area (Å²) in [6, 6.07) is 0. The summed E-state index contributed by atoms with van der Waals surface area (Å²) in [7, 11) is 0. The molecule has 0 unspecified atom stereocenters. The molecular formula is C11H17NO3. The fourth-order valence-electron chi connectivity index (χ4n) is 0.711. The molecule has 0 bridgehead atoms. The average Bonchev–Trinajstić information content (AvgIpc) is 2.17. The minimum atomic E-state index is -0.459. The Hall–Kier alpha value is -1.42.